The highest BCUT2D eigenvalue weighted by molar-refractivity contribution is 5.40. The van der Waals surface area contributed by atoms with Gasteiger partial charge in [0, 0.05) is 23.7 Å². The first-order valence-electron chi connectivity index (χ1n) is 4.97. The number of nitro groups is 1. The first kappa shape index (κ1) is 10.4. The number of hydrogen-bond donors (Lipinski definition) is 0. The molecule has 0 saturated carbocycles. The van der Waals surface area contributed by atoms with Crippen molar-refractivity contribution in [3.05, 3.63) is 58.4 Å². The van der Waals surface area contributed by atoms with E-state index in [2.05, 4.69) is 5.10 Å². The molecule has 16 heavy (non-hydrogen) atoms. The second-order valence-corrected chi connectivity index (χ2v) is 3.39. The third-order valence-corrected chi connectivity index (χ3v) is 2.31. The molecule has 82 valence electrons. The summed E-state index contributed by atoms with van der Waals surface area (Å²) in [5, 5.41) is 14.5. The molecular formula is C11H11N3O2. The van der Waals surface area contributed by atoms with E-state index in [0.29, 0.717) is 6.42 Å². The molecule has 5 nitrogen and oxygen atoms in total. The molecule has 0 atom stereocenters. The van der Waals surface area contributed by atoms with Gasteiger partial charge in [-0.1, -0.05) is 18.2 Å². The maximum atomic E-state index is 10.4. The fraction of sp³-hybridized carbons (Fsp3) is 0.182. The lowest BCUT2D eigenvalue weighted by atomic mass is 10.1. The number of para-hydroxylation sites is 1. The maximum absolute atomic E-state index is 10.4. The fourth-order valence-electron chi connectivity index (χ4n) is 1.57. The average molecular weight is 217 g/mol. The van der Waals surface area contributed by atoms with Crippen LogP contribution in [0, 0.1) is 10.1 Å². The van der Waals surface area contributed by atoms with Crippen LogP contribution in [-0.2, 0) is 6.42 Å². The standard InChI is InChI=1S/C11H11N3O2/c15-14(16)9-6-10-4-1-2-5-11(10)13-8-3-7-12-13/h1-5,7-8H,6,9H2. The van der Waals surface area contributed by atoms with Crippen LogP contribution in [-0.4, -0.2) is 21.2 Å². The highest BCUT2D eigenvalue weighted by Crippen LogP contribution is 2.13. The summed E-state index contributed by atoms with van der Waals surface area (Å²) in [7, 11) is 0. The van der Waals surface area contributed by atoms with Crippen molar-refractivity contribution in [2.75, 3.05) is 6.54 Å². The van der Waals surface area contributed by atoms with Crippen molar-refractivity contribution in [1.82, 2.24) is 9.78 Å². The Hall–Kier alpha value is -2.17. The van der Waals surface area contributed by atoms with E-state index in [1.807, 2.05) is 36.5 Å². The zero-order valence-corrected chi connectivity index (χ0v) is 8.61. The summed E-state index contributed by atoms with van der Waals surface area (Å²) in [6.45, 7) is -0.0573. The molecule has 2 rings (SSSR count). The minimum absolute atomic E-state index is 0.0573. The molecule has 0 amide bonds. The zero-order chi connectivity index (χ0) is 11.4. The van der Waals surface area contributed by atoms with Crippen LogP contribution in [0.15, 0.2) is 42.7 Å². The molecule has 5 heteroatoms. The molecule has 0 aliphatic carbocycles. The van der Waals surface area contributed by atoms with Crippen molar-refractivity contribution in [1.29, 1.82) is 0 Å². The number of hydrogen-bond acceptors (Lipinski definition) is 3. The van der Waals surface area contributed by atoms with E-state index in [4.69, 9.17) is 0 Å². The predicted molar refractivity (Wildman–Crippen MR) is 59.1 cm³/mol. The molecule has 0 unspecified atom stereocenters. The topological polar surface area (TPSA) is 61.0 Å². The van der Waals surface area contributed by atoms with Crippen molar-refractivity contribution in [2.45, 2.75) is 6.42 Å². The number of nitrogens with zero attached hydrogens (tertiary/aromatic N) is 3. The van der Waals surface area contributed by atoms with E-state index in [1.165, 1.54) is 0 Å². The molecule has 0 fully saturated rings. The molecule has 0 saturated heterocycles. The minimum Gasteiger partial charge on any atom is -0.265 e. The molecule has 0 bridgehead atoms. The van der Waals surface area contributed by atoms with Crippen LogP contribution in [0.5, 0.6) is 0 Å². The Balaban J connectivity index is 2.27. The van der Waals surface area contributed by atoms with Crippen LogP contribution in [0.3, 0.4) is 0 Å². The van der Waals surface area contributed by atoms with Gasteiger partial charge in [-0.3, -0.25) is 10.1 Å². The van der Waals surface area contributed by atoms with Crippen LogP contribution in [0.25, 0.3) is 5.69 Å². The van der Waals surface area contributed by atoms with Gasteiger partial charge in [-0.15, -0.1) is 0 Å². The lowest BCUT2D eigenvalue weighted by molar-refractivity contribution is -0.479. The molecule has 1 heterocycles. The summed E-state index contributed by atoms with van der Waals surface area (Å²) in [5.74, 6) is 0. The lowest BCUT2D eigenvalue weighted by Gasteiger charge is -2.07. The third-order valence-electron chi connectivity index (χ3n) is 2.31. The quantitative estimate of drug-likeness (QED) is 0.578. The van der Waals surface area contributed by atoms with Gasteiger partial charge in [-0.2, -0.15) is 5.10 Å². The highest BCUT2D eigenvalue weighted by atomic mass is 16.6. The molecule has 0 spiro atoms. The summed E-state index contributed by atoms with van der Waals surface area (Å²) in [4.78, 5) is 10.0. The van der Waals surface area contributed by atoms with Gasteiger partial charge in [-0.05, 0) is 17.7 Å². The van der Waals surface area contributed by atoms with Gasteiger partial charge >= 0.3 is 0 Å². The number of rotatable bonds is 4. The van der Waals surface area contributed by atoms with Gasteiger partial charge < -0.3 is 0 Å². The van der Waals surface area contributed by atoms with Crippen LogP contribution in [0.4, 0.5) is 0 Å². The molecule has 0 aliphatic heterocycles. The van der Waals surface area contributed by atoms with Crippen molar-refractivity contribution in [2.24, 2.45) is 0 Å². The summed E-state index contributed by atoms with van der Waals surface area (Å²) in [5.41, 5.74) is 1.83. The summed E-state index contributed by atoms with van der Waals surface area (Å²) in [6.07, 6.45) is 3.93. The second kappa shape index (κ2) is 4.57. The maximum Gasteiger partial charge on any atom is 0.207 e. The van der Waals surface area contributed by atoms with Gasteiger partial charge in [-0.25, -0.2) is 4.68 Å². The van der Waals surface area contributed by atoms with Crippen LogP contribution < -0.4 is 0 Å². The average Bonchev–Trinajstić information content (AvgIpc) is 2.80. The largest absolute Gasteiger partial charge is 0.265 e. The Morgan fingerprint density at radius 3 is 2.81 bits per heavy atom. The minimum atomic E-state index is -0.306. The Morgan fingerprint density at radius 1 is 1.31 bits per heavy atom. The molecular weight excluding hydrogens is 206 g/mol. The Morgan fingerprint density at radius 2 is 2.12 bits per heavy atom. The van der Waals surface area contributed by atoms with Gasteiger partial charge in [0.15, 0.2) is 0 Å². The van der Waals surface area contributed by atoms with Crippen molar-refractivity contribution < 1.29 is 4.92 Å². The first-order chi connectivity index (χ1) is 7.77. The molecule has 1 aromatic carbocycles. The number of aromatic nitrogens is 2. The lowest BCUT2D eigenvalue weighted by Crippen LogP contribution is -2.07. The van der Waals surface area contributed by atoms with Crippen LogP contribution >= 0.6 is 0 Å². The second-order valence-electron chi connectivity index (χ2n) is 3.39. The normalized spacial score (nSPS) is 10.2. The predicted octanol–water partition coefficient (Wildman–Crippen LogP) is 1.69. The highest BCUT2D eigenvalue weighted by Gasteiger charge is 2.06. The monoisotopic (exact) mass is 217 g/mol. The van der Waals surface area contributed by atoms with E-state index >= 15 is 0 Å². The van der Waals surface area contributed by atoms with Crippen molar-refractivity contribution in [3.8, 4) is 5.69 Å². The van der Waals surface area contributed by atoms with Gasteiger partial charge in [0.2, 0.25) is 6.54 Å². The Labute approximate surface area is 92.5 Å². The molecule has 0 aliphatic rings. The molecule has 0 radical (unpaired) electrons. The van der Waals surface area contributed by atoms with Crippen molar-refractivity contribution in [3.63, 3.8) is 0 Å². The van der Waals surface area contributed by atoms with Gasteiger partial charge in [0.25, 0.3) is 0 Å². The molecule has 1 aromatic heterocycles. The van der Waals surface area contributed by atoms with Crippen molar-refractivity contribution >= 4 is 0 Å². The summed E-state index contributed by atoms with van der Waals surface area (Å²) >= 11 is 0. The van der Waals surface area contributed by atoms with E-state index in [9.17, 15) is 10.1 Å². The first-order valence-corrected chi connectivity index (χ1v) is 4.97. The van der Waals surface area contributed by atoms with E-state index in [0.717, 1.165) is 11.3 Å². The smallest absolute Gasteiger partial charge is 0.207 e. The van der Waals surface area contributed by atoms with Gasteiger partial charge in [0.05, 0.1) is 5.69 Å². The summed E-state index contributed by atoms with van der Waals surface area (Å²) < 4.78 is 1.72. The van der Waals surface area contributed by atoms with E-state index in [-0.39, 0.29) is 11.5 Å². The third kappa shape index (κ3) is 2.25. The molecule has 2 aromatic rings. The fourth-order valence-corrected chi connectivity index (χ4v) is 1.57. The Bertz CT molecular complexity index is 480. The van der Waals surface area contributed by atoms with Gasteiger partial charge in [0.1, 0.15) is 0 Å². The number of benzene rings is 1. The van der Waals surface area contributed by atoms with E-state index < -0.39 is 0 Å². The SMILES string of the molecule is O=[N+]([O-])CCc1ccccc1-n1cccn1. The zero-order valence-electron chi connectivity index (χ0n) is 8.61. The Kier molecular flexibility index (Phi) is 2.95. The summed E-state index contributed by atoms with van der Waals surface area (Å²) in [6, 6.07) is 9.39. The van der Waals surface area contributed by atoms with Crippen LogP contribution in [0.2, 0.25) is 0 Å². The van der Waals surface area contributed by atoms with Crippen LogP contribution in [0.1, 0.15) is 5.56 Å². The molecule has 0 N–H and O–H groups in total. The van der Waals surface area contributed by atoms with E-state index in [1.54, 1.807) is 10.9 Å².